The first kappa shape index (κ1) is 22.4. The zero-order valence-corrected chi connectivity index (χ0v) is 18.1. The number of methoxy groups -OCH3 is 1. The molecule has 0 saturated carbocycles. The van der Waals surface area contributed by atoms with E-state index >= 15 is 0 Å². The predicted octanol–water partition coefficient (Wildman–Crippen LogP) is 1.26. The van der Waals surface area contributed by atoms with Gasteiger partial charge in [-0.2, -0.15) is 0 Å². The van der Waals surface area contributed by atoms with E-state index in [1.54, 1.807) is 13.0 Å². The highest BCUT2D eigenvalue weighted by Crippen LogP contribution is 2.60. The third kappa shape index (κ3) is 3.17. The highest BCUT2D eigenvalue weighted by Gasteiger charge is 2.76. The summed E-state index contributed by atoms with van der Waals surface area (Å²) in [5, 5.41) is 11.3. The van der Waals surface area contributed by atoms with Gasteiger partial charge in [-0.25, -0.2) is 4.90 Å². The van der Waals surface area contributed by atoms with Crippen LogP contribution in [0.25, 0.3) is 0 Å². The molecule has 4 atom stereocenters. The molecule has 0 aliphatic carbocycles. The van der Waals surface area contributed by atoms with Crippen LogP contribution in [0.2, 0.25) is 0 Å². The van der Waals surface area contributed by atoms with Gasteiger partial charge in [-0.3, -0.25) is 29.3 Å². The highest BCUT2D eigenvalue weighted by atomic mass is 16.7. The number of nitro groups is 1. The minimum Gasteiger partial charge on any atom is -0.495 e. The van der Waals surface area contributed by atoms with E-state index in [1.807, 2.05) is 0 Å². The minimum atomic E-state index is -1.76. The Kier molecular flexibility index (Phi) is 5.00. The Morgan fingerprint density at radius 2 is 1.73 bits per heavy atom. The Morgan fingerprint density at radius 3 is 2.27 bits per heavy atom. The molecule has 33 heavy (non-hydrogen) atoms. The van der Waals surface area contributed by atoms with Crippen LogP contribution in [0.4, 0.5) is 11.4 Å². The summed E-state index contributed by atoms with van der Waals surface area (Å²) in [5.41, 5.74) is -3.49. The molecule has 2 bridgehead atoms. The normalized spacial score (nSPS) is 29.4. The number of benzene rings is 1. The van der Waals surface area contributed by atoms with Gasteiger partial charge in [0.1, 0.15) is 11.4 Å². The van der Waals surface area contributed by atoms with E-state index in [0.29, 0.717) is 0 Å². The minimum absolute atomic E-state index is 0.0687. The van der Waals surface area contributed by atoms with Gasteiger partial charge in [0, 0.05) is 26.0 Å². The van der Waals surface area contributed by atoms with Crippen molar-refractivity contribution in [3.8, 4) is 5.75 Å². The summed E-state index contributed by atoms with van der Waals surface area (Å²) in [6.45, 7) is 3.77. The van der Waals surface area contributed by atoms with Crippen molar-refractivity contribution >= 4 is 35.1 Å². The molecule has 0 aromatic heterocycles. The summed E-state index contributed by atoms with van der Waals surface area (Å²) in [6, 6.07) is 3.53. The molecule has 0 N–H and O–H groups in total. The molecule has 2 saturated heterocycles. The van der Waals surface area contributed by atoms with Crippen molar-refractivity contribution in [1.82, 2.24) is 0 Å². The van der Waals surface area contributed by atoms with Gasteiger partial charge in [-0.15, -0.1) is 0 Å². The van der Waals surface area contributed by atoms with E-state index in [4.69, 9.17) is 18.9 Å². The molecule has 3 heterocycles. The largest absolute Gasteiger partial charge is 0.495 e. The van der Waals surface area contributed by atoms with Gasteiger partial charge in [0.15, 0.2) is 5.60 Å². The molecule has 3 aliphatic heterocycles. The number of carbonyl (C=O) groups is 4. The second-order valence-corrected chi connectivity index (χ2v) is 8.10. The third-order valence-electron chi connectivity index (χ3n) is 6.01. The average molecular weight is 460 g/mol. The Bertz CT molecular complexity index is 1110. The lowest BCUT2D eigenvalue weighted by Gasteiger charge is -2.34. The summed E-state index contributed by atoms with van der Waals surface area (Å²) in [6.07, 6.45) is 1.36. The van der Waals surface area contributed by atoms with Crippen molar-refractivity contribution in [2.45, 2.75) is 38.3 Å². The SMILES string of the molecule is COc1ccc([N+](=O)[O-])cc1N1C(=O)[C@@H]2[C@@H](C1=O)[C@@]1(C(OC(C)=O)OC(C)=O)C=C[C@@]2(C)O1. The smallest absolute Gasteiger partial charge is 0.305 e. The highest BCUT2D eigenvalue weighted by molar-refractivity contribution is 6.24. The van der Waals surface area contributed by atoms with E-state index in [2.05, 4.69) is 0 Å². The molecule has 12 nitrogen and oxygen atoms in total. The zero-order valence-electron chi connectivity index (χ0n) is 18.1. The van der Waals surface area contributed by atoms with E-state index in [-0.39, 0.29) is 17.1 Å². The van der Waals surface area contributed by atoms with Crippen molar-refractivity contribution in [1.29, 1.82) is 0 Å². The van der Waals surface area contributed by atoms with Crippen molar-refractivity contribution in [3.05, 3.63) is 40.5 Å². The molecular formula is C21H20N2O10. The number of hydrogen-bond acceptors (Lipinski definition) is 10. The van der Waals surface area contributed by atoms with E-state index < -0.39 is 58.0 Å². The predicted molar refractivity (Wildman–Crippen MR) is 108 cm³/mol. The molecule has 2 amide bonds. The number of nitro benzene ring substituents is 1. The molecule has 2 fully saturated rings. The molecule has 1 aromatic carbocycles. The van der Waals surface area contributed by atoms with Crippen LogP contribution < -0.4 is 9.64 Å². The Hall–Kier alpha value is -3.80. The first-order valence-electron chi connectivity index (χ1n) is 9.90. The molecule has 0 radical (unpaired) electrons. The van der Waals surface area contributed by atoms with Crippen LogP contribution in [-0.2, 0) is 33.4 Å². The first-order chi connectivity index (χ1) is 15.4. The van der Waals surface area contributed by atoms with E-state index in [0.717, 1.165) is 24.8 Å². The van der Waals surface area contributed by atoms with Crippen LogP contribution >= 0.6 is 0 Å². The van der Waals surface area contributed by atoms with Gasteiger partial charge < -0.3 is 18.9 Å². The topological polar surface area (TPSA) is 152 Å². The molecule has 1 aromatic rings. The van der Waals surface area contributed by atoms with Crippen LogP contribution in [0, 0.1) is 22.0 Å². The number of fused-ring (bicyclic) bond motifs is 5. The van der Waals surface area contributed by atoms with Crippen LogP contribution in [0.3, 0.4) is 0 Å². The number of amides is 2. The third-order valence-corrected chi connectivity index (χ3v) is 6.01. The number of carbonyl (C=O) groups excluding carboxylic acids is 4. The maximum absolute atomic E-state index is 13.6. The molecule has 12 heteroatoms. The van der Waals surface area contributed by atoms with Gasteiger partial charge >= 0.3 is 11.9 Å². The van der Waals surface area contributed by atoms with E-state index in [9.17, 15) is 29.3 Å². The van der Waals surface area contributed by atoms with Crippen molar-refractivity contribution < 1.29 is 43.0 Å². The van der Waals surface area contributed by atoms with Gasteiger partial charge in [0.05, 0.1) is 29.5 Å². The number of rotatable bonds is 6. The lowest BCUT2D eigenvalue weighted by Crippen LogP contribution is -2.52. The van der Waals surface area contributed by atoms with Crippen molar-refractivity contribution in [2.24, 2.45) is 11.8 Å². The van der Waals surface area contributed by atoms with Gasteiger partial charge in [-0.05, 0) is 19.1 Å². The van der Waals surface area contributed by atoms with Gasteiger partial charge in [-0.1, -0.05) is 6.08 Å². The number of hydrogen-bond donors (Lipinski definition) is 0. The fraction of sp³-hybridized carbons (Fsp3) is 0.429. The maximum atomic E-state index is 13.6. The van der Waals surface area contributed by atoms with Gasteiger partial charge in [0.25, 0.3) is 12.0 Å². The number of non-ortho nitro benzene ring substituents is 1. The van der Waals surface area contributed by atoms with E-state index in [1.165, 1.54) is 25.3 Å². The zero-order chi connectivity index (χ0) is 24.3. The Labute approximate surface area is 187 Å². The number of esters is 2. The Morgan fingerprint density at radius 1 is 1.12 bits per heavy atom. The van der Waals surface area contributed by atoms with Crippen molar-refractivity contribution in [3.63, 3.8) is 0 Å². The Balaban J connectivity index is 1.83. The number of imide groups is 1. The average Bonchev–Trinajstić information content (AvgIpc) is 3.32. The molecule has 0 unspecified atom stereocenters. The number of ether oxygens (including phenoxy) is 4. The number of nitrogens with zero attached hydrogens (tertiary/aromatic N) is 2. The maximum Gasteiger partial charge on any atom is 0.305 e. The fourth-order valence-electron chi connectivity index (χ4n) is 4.77. The van der Waals surface area contributed by atoms with Gasteiger partial charge in [0.2, 0.25) is 11.8 Å². The molecule has 4 rings (SSSR count). The lowest BCUT2D eigenvalue weighted by atomic mass is 9.72. The van der Waals surface area contributed by atoms with Crippen molar-refractivity contribution in [2.75, 3.05) is 12.0 Å². The standard InChI is InChI=1S/C21H20N2O10/c1-10(24)31-19(32-11(2)25)21-8-7-20(3,33-21)15-16(21)18(27)22(17(15)26)13-9-12(23(28)29)5-6-14(13)30-4/h5-9,15-16,19H,1-4H3/t15-,16-,20+,21+/m0/s1. The monoisotopic (exact) mass is 460 g/mol. The van der Waals surface area contributed by atoms with Crippen LogP contribution in [0.5, 0.6) is 5.75 Å². The lowest BCUT2D eigenvalue weighted by molar-refractivity contribution is -0.384. The second kappa shape index (κ2) is 7.37. The molecular weight excluding hydrogens is 440 g/mol. The fourth-order valence-corrected chi connectivity index (χ4v) is 4.77. The molecule has 174 valence electrons. The first-order valence-corrected chi connectivity index (χ1v) is 9.90. The molecule has 0 spiro atoms. The second-order valence-electron chi connectivity index (χ2n) is 8.10. The summed E-state index contributed by atoms with van der Waals surface area (Å²) in [5.74, 6) is -5.25. The summed E-state index contributed by atoms with van der Waals surface area (Å²) < 4.78 is 21.6. The molecule has 3 aliphatic rings. The quantitative estimate of drug-likeness (QED) is 0.151. The summed E-state index contributed by atoms with van der Waals surface area (Å²) in [4.78, 5) is 62.0. The van der Waals surface area contributed by atoms with Crippen LogP contribution in [0.1, 0.15) is 20.8 Å². The van der Waals surface area contributed by atoms with Crippen LogP contribution in [-0.4, -0.2) is 53.3 Å². The van der Waals surface area contributed by atoms with Crippen LogP contribution in [0.15, 0.2) is 30.4 Å². The summed E-state index contributed by atoms with van der Waals surface area (Å²) >= 11 is 0. The summed E-state index contributed by atoms with van der Waals surface area (Å²) in [7, 11) is 1.30. The number of anilines is 1.